The van der Waals surface area contributed by atoms with Crippen LogP contribution in [0.25, 0.3) is 11.2 Å². The van der Waals surface area contributed by atoms with Crippen molar-refractivity contribution in [3.05, 3.63) is 88.5 Å². The third-order valence-corrected chi connectivity index (χ3v) is 6.84. The highest BCUT2D eigenvalue weighted by molar-refractivity contribution is 5.91. The molecule has 3 N–H and O–H groups in total. The Morgan fingerprint density at radius 2 is 1.77 bits per heavy atom. The maximum Gasteiger partial charge on any atom is 0.280 e. The molecule has 2 aromatic heterocycles. The summed E-state index contributed by atoms with van der Waals surface area (Å²) in [6.45, 7) is 6.02. The lowest BCUT2D eigenvalue weighted by atomic mass is 9.98. The average molecular weight is 548 g/mol. The Kier molecular flexibility index (Phi) is 8.08. The van der Waals surface area contributed by atoms with Crippen molar-refractivity contribution in [3.63, 3.8) is 0 Å². The predicted molar refractivity (Wildman–Crippen MR) is 147 cm³/mol. The van der Waals surface area contributed by atoms with Crippen LogP contribution in [-0.2, 0) is 32.2 Å². The molecular formula is C29H33N5O6. The summed E-state index contributed by atoms with van der Waals surface area (Å²) in [5.41, 5.74) is 0.568. The first-order chi connectivity index (χ1) is 19.2. The van der Waals surface area contributed by atoms with E-state index < -0.39 is 29.6 Å². The van der Waals surface area contributed by atoms with Gasteiger partial charge in [0, 0.05) is 5.92 Å². The highest BCUT2D eigenvalue weighted by atomic mass is 16.6. The summed E-state index contributed by atoms with van der Waals surface area (Å²) in [6, 6.07) is 19.4. The summed E-state index contributed by atoms with van der Waals surface area (Å²) in [6.07, 6.45) is -1.53. The van der Waals surface area contributed by atoms with Crippen LogP contribution in [0.1, 0.15) is 38.1 Å². The summed E-state index contributed by atoms with van der Waals surface area (Å²) < 4.78 is 20.2. The molecule has 40 heavy (non-hydrogen) atoms. The van der Waals surface area contributed by atoms with E-state index in [2.05, 4.69) is 20.3 Å². The molecule has 1 amide bonds. The highest BCUT2D eigenvalue weighted by Crippen LogP contribution is 2.40. The number of hydrogen-bond donors (Lipinski definition) is 3. The largest absolute Gasteiger partial charge is 0.386 e. The van der Waals surface area contributed by atoms with Crippen LogP contribution in [0.5, 0.6) is 0 Å². The number of rotatable bonds is 10. The number of H-pyrrole nitrogens is 1. The number of aliphatic hydroxyl groups is 1. The van der Waals surface area contributed by atoms with Gasteiger partial charge in [0.1, 0.15) is 17.8 Å². The Hall–Kier alpha value is -3.90. The van der Waals surface area contributed by atoms with Crippen molar-refractivity contribution in [2.45, 2.75) is 58.0 Å². The molecule has 0 bridgehead atoms. The second-order valence-electron chi connectivity index (χ2n) is 10.4. The van der Waals surface area contributed by atoms with Gasteiger partial charge in [0.25, 0.3) is 5.56 Å². The molecule has 1 aliphatic rings. The Balaban J connectivity index is 1.43. The van der Waals surface area contributed by atoms with E-state index in [1.165, 1.54) is 10.9 Å². The normalized spacial score (nSPS) is 22.7. The molecule has 0 aliphatic carbocycles. The molecule has 0 unspecified atom stereocenters. The highest BCUT2D eigenvalue weighted by Gasteiger charge is 2.54. The molecule has 1 aliphatic heterocycles. The third kappa shape index (κ3) is 5.82. The number of aromatic amines is 1. The first-order valence-corrected chi connectivity index (χ1v) is 13.2. The molecule has 5 rings (SSSR count). The number of carbonyl (C=O) groups is 1. The minimum atomic E-state index is -1.15. The van der Waals surface area contributed by atoms with Gasteiger partial charge in [0.15, 0.2) is 17.4 Å². The van der Waals surface area contributed by atoms with E-state index in [1.54, 1.807) is 13.8 Å². The molecule has 1 saturated heterocycles. The smallest absolute Gasteiger partial charge is 0.280 e. The summed E-state index contributed by atoms with van der Waals surface area (Å²) in [4.78, 5) is 36.1. The number of ether oxygens (including phenoxy) is 3. The molecule has 4 aromatic rings. The SMILES string of the molecule is CC(C)C(=O)Nc1nc2c(ncn2[C@@H]2O[C@](C)(COCc3ccccc3)[C@@H](OCc3ccccc3)[C@H]2O)c(=O)[nH]1. The number of fused-ring (bicyclic) bond motifs is 1. The lowest BCUT2D eigenvalue weighted by Crippen LogP contribution is -2.46. The Labute approximate surface area is 231 Å². The van der Waals surface area contributed by atoms with Gasteiger partial charge in [-0.3, -0.25) is 24.5 Å². The Bertz CT molecular complexity index is 1510. The molecule has 3 heterocycles. The lowest BCUT2D eigenvalue weighted by molar-refractivity contribution is -0.146. The van der Waals surface area contributed by atoms with Crippen molar-refractivity contribution >= 4 is 23.0 Å². The Morgan fingerprint density at radius 1 is 1.12 bits per heavy atom. The number of imidazole rings is 1. The zero-order valence-corrected chi connectivity index (χ0v) is 22.6. The lowest BCUT2D eigenvalue weighted by Gasteiger charge is -2.30. The monoisotopic (exact) mass is 547 g/mol. The fourth-order valence-electron chi connectivity index (χ4n) is 4.67. The second-order valence-corrected chi connectivity index (χ2v) is 10.4. The molecule has 11 heteroatoms. The maximum atomic E-state index is 12.7. The van der Waals surface area contributed by atoms with Crippen LogP contribution >= 0.6 is 0 Å². The summed E-state index contributed by atoms with van der Waals surface area (Å²) >= 11 is 0. The fraction of sp³-hybridized carbons (Fsp3) is 0.379. The number of carbonyl (C=O) groups excluding carboxylic acids is 1. The molecule has 1 fully saturated rings. The summed E-state index contributed by atoms with van der Waals surface area (Å²) in [5, 5.41) is 14.1. The predicted octanol–water partition coefficient (Wildman–Crippen LogP) is 3.16. The van der Waals surface area contributed by atoms with Crippen LogP contribution in [-0.4, -0.2) is 54.9 Å². The van der Waals surface area contributed by atoms with Crippen molar-refractivity contribution in [2.75, 3.05) is 11.9 Å². The van der Waals surface area contributed by atoms with E-state index in [-0.39, 0.29) is 42.2 Å². The number of aromatic nitrogens is 4. The van der Waals surface area contributed by atoms with E-state index in [0.29, 0.717) is 6.61 Å². The second kappa shape index (κ2) is 11.7. The molecular weight excluding hydrogens is 514 g/mol. The quantitative estimate of drug-likeness (QED) is 0.275. The van der Waals surface area contributed by atoms with Gasteiger partial charge in [-0.05, 0) is 18.1 Å². The molecule has 4 atom stereocenters. The standard InChI is InChI=1S/C29H33N5O6/c1-18(2)25(36)32-28-31-24-21(26(37)33-28)30-17-34(24)27-22(35)23(39-15-20-12-8-5-9-13-20)29(3,40-27)16-38-14-19-10-6-4-7-11-19/h4-13,17-18,22-23,27,35H,14-16H2,1-3H3,(H2,31,32,33,36,37)/t22-,23+,27-,29-/m1/s1. The number of nitrogens with zero attached hydrogens (tertiary/aromatic N) is 3. The van der Waals surface area contributed by atoms with Crippen molar-refractivity contribution < 1.29 is 24.1 Å². The first kappa shape index (κ1) is 27.7. The van der Waals surface area contributed by atoms with Crippen LogP contribution < -0.4 is 10.9 Å². The van der Waals surface area contributed by atoms with Crippen molar-refractivity contribution in [3.8, 4) is 0 Å². The van der Waals surface area contributed by atoms with Gasteiger partial charge in [0.2, 0.25) is 11.9 Å². The number of anilines is 1. The molecule has 210 valence electrons. The molecule has 0 saturated carbocycles. The Morgan fingerprint density at radius 3 is 2.42 bits per heavy atom. The number of amides is 1. The van der Waals surface area contributed by atoms with Gasteiger partial charge in [-0.1, -0.05) is 74.5 Å². The molecule has 2 aromatic carbocycles. The molecule has 11 nitrogen and oxygen atoms in total. The number of benzene rings is 2. The number of hydrogen-bond acceptors (Lipinski definition) is 8. The van der Waals surface area contributed by atoms with Crippen LogP contribution in [0.15, 0.2) is 71.8 Å². The fourth-order valence-corrected chi connectivity index (χ4v) is 4.67. The van der Waals surface area contributed by atoms with Gasteiger partial charge >= 0.3 is 0 Å². The van der Waals surface area contributed by atoms with Gasteiger partial charge in [-0.2, -0.15) is 4.98 Å². The summed E-state index contributed by atoms with van der Waals surface area (Å²) in [7, 11) is 0. The number of nitrogens with one attached hydrogen (secondary N) is 2. The van der Waals surface area contributed by atoms with Crippen LogP contribution in [0.3, 0.4) is 0 Å². The van der Waals surface area contributed by atoms with Gasteiger partial charge < -0.3 is 19.3 Å². The minimum Gasteiger partial charge on any atom is -0.386 e. The van der Waals surface area contributed by atoms with E-state index in [9.17, 15) is 14.7 Å². The van der Waals surface area contributed by atoms with Crippen molar-refractivity contribution in [1.82, 2.24) is 19.5 Å². The third-order valence-electron chi connectivity index (χ3n) is 6.84. The van der Waals surface area contributed by atoms with Gasteiger partial charge in [-0.15, -0.1) is 0 Å². The van der Waals surface area contributed by atoms with Crippen molar-refractivity contribution in [1.29, 1.82) is 0 Å². The van der Waals surface area contributed by atoms with Gasteiger partial charge in [0.05, 0.1) is 26.1 Å². The zero-order chi connectivity index (χ0) is 28.3. The van der Waals surface area contributed by atoms with Crippen LogP contribution in [0.4, 0.5) is 5.95 Å². The topological polar surface area (TPSA) is 141 Å². The summed E-state index contributed by atoms with van der Waals surface area (Å²) in [5.74, 6) is -0.635. The first-order valence-electron chi connectivity index (χ1n) is 13.2. The van der Waals surface area contributed by atoms with E-state index in [1.807, 2.05) is 67.6 Å². The number of aliphatic hydroxyl groups excluding tert-OH is 1. The van der Waals surface area contributed by atoms with E-state index in [4.69, 9.17) is 14.2 Å². The van der Waals surface area contributed by atoms with E-state index >= 15 is 0 Å². The van der Waals surface area contributed by atoms with Crippen molar-refractivity contribution in [2.24, 2.45) is 5.92 Å². The van der Waals surface area contributed by atoms with E-state index in [0.717, 1.165) is 11.1 Å². The molecule has 0 radical (unpaired) electrons. The van der Waals surface area contributed by atoms with Crippen LogP contribution in [0, 0.1) is 5.92 Å². The van der Waals surface area contributed by atoms with Crippen LogP contribution in [0.2, 0.25) is 0 Å². The average Bonchev–Trinajstić information content (AvgIpc) is 3.47. The molecule has 0 spiro atoms. The van der Waals surface area contributed by atoms with Gasteiger partial charge in [-0.25, -0.2) is 4.98 Å². The zero-order valence-electron chi connectivity index (χ0n) is 22.6. The minimum absolute atomic E-state index is 0.0173. The maximum absolute atomic E-state index is 12.7.